The zero-order chi connectivity index (χ0) is 15.3. The number of nitrogens with one attached hydrogen (secondary N) is 2. The van der Waals surface area contributed by atoms with Crippen molar-refractivity contribution in [2.24, 2.45) is 0 Å². The van der Waals surface area contributed by atoms with Crippen LogP contribution in [0, 0.1) is 5.82 Å². The molecule has 4 nitrogen and oxygen atoms in total. The van der Waals surface area contributed by atoms with Crippen molar-refractivity contribution in [2.45, 2.75) is 24.2 Å². The maximum absolute atomic E-state index is 13.5. The minimum atomic E-state index is -3.61. The molecule has 0 amide bonds. The Morgan fingerprint density at radius 1 is 1.24 bits per heavy atom. The molecule has 114 valence electrons. The zero-order valence-electron chi connectivity index (χ0n) is 11.6. The van der Waals surface area contributed by atoms with Gasteiger partial charge in [0, 0.05) is 18.7 Å². The smallest absolute Gasteiger partial charge is 0.250 e. The van der Waals surface area contributed by atoms with Crippen LogP contribution in [-0.4, -0.2) is 15.0 Å². The van der Waals surface area contributed by atoms with E-state index >= 15 is 0 Å². The van der Waals surface area contributed by atoms with E-state index in [1.54, 1.807) is 29.6 Å². The molecular weight excluding hydrogens is 311 g/mol. The van der Waals surface area contributed by atoms with Gasteiger partial charge in [0.1, 0.15) is 10.0 Å². The van der Waals surface area contributed by atoms with Crippen LogP contribution >= 0.6 is 11.3 Å². The summed E-state index contributed by atoms with van der Waals surface area (Å²) < 4.78 is 40.5. The van der Waals surface area contributed by atoms with E-state index in [4.69, 9.17) is 0 Å². The van der Waals surface area contributed by atoms with E-state index < -0.39 is 15.8 Å². The van der Waals surface area contributed by atoms with Gasteiger partial charge in [-0.3, -0.25) is 0 Å². The Hall–Kier alpha value is -1.28. The Labute approximate surface area is 128 Å². The Kier molecular flexibility index (Phi) is 5.46. The quantitative estimate of drug-likeness (QED) is 0.821. The Morgan fingerprint density at radius 2 is 2.00 bits per heavy atom. The van der Waals surface area contributed by atoms with Crippen LogP contribution in [0.2, 0.25) is 0 Å². The first-order valence-corrected chi connectivity index (χ1v) is 8.90. The first kappa shape index (κ1) is 16.1. The van der Waals surface area contributed by atoms with Crippen LogP contribution in [0.5, 0.6) is 0 Å². The van der Waals surface area contributed by atoms with E-state index in [1.807, 2.05) is 6.92 Å². The Balaban J connectivity index is 2.05. The van der Waals surface area contributed by atoms with Crippen molar-refractivity contribution < 1.29 is 12.8 Å². The Morgan fingerprint density at radius 3 is 2.71 bits per heavy atom. The molecule has 7 heteroatoms. The van der Waals surface area contributed by atoms with Gasteiger partial charge in [-0.15, -0.1) is 11.3 Å². The fraction of sp³-hybridized carbons (Fsp3) is 0.286. The van der Waals surface area contributed by atoms with Gasteiger partial charge < -0.3 is 5.32 Å². The molecule has 1 heterocycles. The summed E-state index contributed by atoms with van der Waals surface area (Å²) in [7, 11) is -3.61. The van der Waals surface area contributed by atoms with E-state index in [9.17, 15) is 12.8 Å². The van der Waals surface area contributed by atoms with E-state index in [1.165, 1.54) is 6.07 Å². The Bertz CT molecular complexity index is 699. The molecule has 0 saturated carbocycles. The van der Waals surface area contributed by atoms with Gasteiger partial charge in [0.05, 0.1) is 0 Å². The molecule has 0 fully saturated rings. The second-order valence-electron chi connectivity index (χ2n) is 4.47. The zero-order valence-corrected chi connectivity index (χ0v) is 13.2. The van der Waals surface area contributed by atoms with Crippen LogP contribution in [0.1, 0.15) is 18.1 Å². The minimum absolute atomic E-state index is 0.0601. The molecule has 1 aromatic heterocycles. The lowest BCUT2D eigenvalue weighted by atomic mass is 10.2. The van der Waals surface area contributed by atoms with Crippen molar-refractivity contribution in [1.29, 1.82) is 0 Å². The number of thiophene rings is 1. The van der Waals surface area contributed by atoms with E-state index in [2.05, 4.69) is 10.0 Å². The van der Waals surface area contributed by atoms with Crippen LogP contribution in [0.15, 0.2) is 39.9 Å². The molecule has 0 radical (unpaired) electrons. The summed E-state index contributed by atoms with van der Waals surface area (Å²) in [5.41, 5.74) is 1.25. The number of rotatable bonds is 7. The molecule has 2 rings (SSSR count). The van der Waals surface area contributed by atoms with Crippen molar-refractivity contribution in [1.82, 2.24) is 10.0 Å². The summed E-state index contributed by atoms with van der Waals surface area (Å²) in [6.45, 7) is 3.38. The summed E-state index contributed by atoms with van der Waals surface area (Å²) in [5.74, 6) is -0.417. The molecule has 1 aromatic carbocycles. The average Bonchev–Trinajstić information content (AvgIpc) is 2.94. The molecule has 0 spiro atoms. The molecule has 2 aromatic rings. The molecule has 0 saturated heterocycles. The summed E-state index contributed by atoms with van der Waals surface area (Å²) in [5, 5.41) is 4.94. The highest BCUT2D eigenvalue weighted by atomic mass is 32.2. The number of sulfonamides is 1. The molecule has 0 unspecified atom stereocenters. The summed E-state index contributed by atoms with van der Waals surface area (Å²) >= 11 is 1.16. The van der Waals surface area contributed by atoms with Gasteiger partial charge in [0.25, 0.3) is 0 Å². The van der Waals surface area contributed by atoms with Crippen LogP contribution in [-0.2, 0) is 23.1 Å². The number of hydrogen-bond acceptors (Lipinski definition) is 4. The van der Waals surface area contributed by atoms with E-state index in [-0.39, 0.29) is 10.8 Å². The van der Waals surface area contributed by atoms with Crippen LogP contribution < -0.4 is 10.0 Å². The molecule has 2 N–H and O–H groups in total. The normalized spacial score (nSPS) is 11.7. The van der Waals surface area contributed by atoms with Gasteiger partial charge in [-0.1, -0.05) is 25.1 Å². The SMILES string of the molecule is CCNCc1csc(S(=O)(=O)NCc2ccccc2F)c1. The van der Waals surface area contributed by atoms with Crippen molar-refractivity contribution in [3.05, 3.63) is 52.7 Å². The highest BCUT2D eigenvalue weighted by molar-refractivity contribution is 7.91. The topological polar surface area (TPSA) is 58.2 Å². The third-order valence-electron chi connectivity index (χ3n) is 2.88. The fourth-order valence-electron chi connectivity index (χ4n) is 1.74. The average molecular weight is 328 g/mol. The molecular formula is C14H17FN2O2S2. The van der Waals surface area contributed by atoms with Crippen molar-refractivity contribution in [3.63, 3.8) is 0 Å². The highest BCUT2D eigenvalue weighted by Crippen LogP contribution is 2.20. The van der Waals surface area contributed by atoms with Crippen LogP contribution in [0.4, 0.5) is 4.39 Å². The van der Waals surface area contributed by atoms with Crippen LogP contribution in [0.3, 0.4) is 0 Å². The first-order valence-electron chi connectivity index (χ1n) is 6.54. The third kappa shape index (κ3) is 4.34. The summed E-state index contributed by atoms with van der Waals surface area (Å²) in [4.78, 5) is 0. The highest BCUT2D eigenvalue weighted by Gasteiger charge is 2.17. The largest absolute Gasteiger partial charge is 0.313 e. The lowest BCUT2D eigenvalue weighted by molar-refractivity contribution is 0.576. The summed E-state index contributed by atoms with van der Waals surface area (Å²) in [6, 6.07) is 7.75. The predicted molar refractivity (Wildman–Crippen MR) is 82.1 cm³/mol. The van der Waals surface area contributed by atoms with Gasteiger partial charge in [0.15, 0.2) is 0 Å². The van der Waals surface area contributed by atoms with Gasteiger partial charge >= 0.3 is 0 Å². The van der Waals surface area contributed by atoms with Crippen molar-refractivity contribution in [2.75, 3.05) is 6.54 Å². The number of halogens is 1. The monoisotopic (exact) mass is 328 g/mol. The standard InChI is InChI=1S/C14H17FN2O2S2/c1-2-16-8-11-7-14(20-10-11)21(18,19)17-9-12-5-3-4-6-13(12)15/h3-7,10,16-17H,2,8-9H2,1H3. The van der Waals surface area contributed by atoms with E-state index in [0.29, 0.717) is 12.1 Å². The maximum Gasteiger partial charge on any atom is 0.250 e. The number of benzene rings is 1. The lowest BCUT2D eigenvalue weighted by Gasteiger charge is -2.05. The van der Waals surface area contributed by atoms with Gasteiger partial charge in [-0.25, -0.2) is 17.5 Å². The molecule has 0 aliphatic heterocycles. The lowest BCUT2D eigenvalue weighted by Crippen LogP contribution is -2.23. The van der Waals surface area contributed by atoms with E-state index in [0.717, 1.165) is 23.4 Å². The maximum atomic E-state index is 13.5. The van der Waals surface area contributed by atoms with Gasteiger partial charge in [-0.2, -0.15) is 0 Å². The van der Waals surface area contributed by atoms with Crippen molar-refractivity contribution >= 4 is 21.4 Å². The third-order valence-corrected chi connectivity index (χ3v) is 5.77. The molecule has 0 bridgehead atoms. The van der Waals surface area contributed by atoms with Crippen molar-refractivity contribution in [3.8, 4) is 0 Å². The fourth-order valence-corrected chi connectivity index (χ4v) is 4.00. The molecule has 21 heavy (non-hydrogen) atoms. The summed E-state index contributed by atoms with van der Waals surface area (Å²) in [6.07, 6.45) is 0. The van der Waals surface area contributed by atoms with Gasteiger partial charge in [0.2, 0.25) is 10.0 Å². The van der Waals surface area contributed by atoms with Gasteiger partial charge in [-0.05, 0) is 29.6 Å². The second-order valence-corrected chi connectivity index (χ2v) is 7.38. The number of hydrogen-bond donors (Lipinski definition) is 2. The molecule has 0 atom stereocenters. The van der Waals surface area contributed by atoms with Crippen LogP contribution in [0.25, 0.3) is 0 Å². The first-order chi connectivity index (χ1) is 10.0. The molecule has 0 aliphatic carbocycles. The minimum Gasteiger partial charge on any atom is -0.313 e. The molecule has 0 aliphatic rings. The predicted octanol–water partition coefficient (Wildman–Crippen LogP) is 2.48. The second kappa shape index (κ2) is 7.13.